The molecule has 0 aliphatic carbocycles. The third kappa shape index (κ3) is 6.36. The van der Waals surface area contributed by atoms with E-state index >= 15 is 0 Å². The molecule has 1 heterocycles. The molecule has 0 saturated carbocycles. The Morgan fingerprint density at radius 1 is 1.15 bits per heavy atom. The number of nitrogens with one attached hydrogen (secondary N) is 1. The predicted molar refractivity (Wildman–Crippen MR) is 129 cm³/mol. The van der Waals surface area contributed by atoms with Crippen molar-refractivity contribution in [3.8, 4) is 0 Å². The first-order chi connectivity index (χ1) is 15.9. The molecule has 0 bridgehead atoms. The Hall–Kier alpha value is -2.38. The van der Waals surface area contributed by atoms with Gasteiger partial charge in [-0.2, -0.15) is 0 Å². The maximum atomic E-state index is 12.5. The van der Waals surface area contributed by atoms with Crippen LogP contribution in [-0.4, -0.2) is 43.3 Å². The standard InChI is InChI=1S/C25H27Cl2NO5/c1-32-25(13-4-15-33-16-14-25)18-11-9-17(10-12-18)5-2-8-21(24(30)31)28-23(29)22-19(26)6-3-7-20(22)27/h2-3,5-7,9-12,21H,4,8,13-16H2,1H3,(H,28,29)(H,30,31). The van der Waals surface area contributed by atoms with Crippen LogP contribution in [0.3, 0.4) is 0 Å². The third-order valence-electron chi connectivity index (χ3n) is 5.82. The summed E-state index contributed by atoms with van der Waals surface area (Å²) in [5, 5.41) is 12.3. The van der Waals surface area contributed by atoms with E-state index in [1.54, 1.807) is 19.3 Å². The van der Waals surface area contributed by atoms with Gasteiger partial charge in [-0.15, -0.1) is 0 Å². The van der Waals surface area contributed by atoms with Crippen molar-refractivity contribution >= 4 is 41.2 Å². The van der Waals surface area contributed by atoms with Gasteiger partial charge in [0.1, 0.15) is 6.04 Å². The molecule has 0 spiro atoms. The highest BCUT2D eigenvalue weighted by Gasteiger charge is 2.33. The monoisotopic (exact) mass is 491 g/mol. The number of hydrogen-bond donors (Lipinski definition) is 2. The lowest BCUT2D eigenvalue weighted by atomic mass is 9.86. The summed E-state index contributed by atoms with van der Waals surface area (Å²) in [4.78, 5) is 24.2. The fourth-order valence-electron chi connectivity index (χ4n) is 3.94. The summed E-state index contributed by atoms with van der Waals surface area (Å²) >= 11 is 12.1. The van der Waals surface area contributed by atoms with Crippen molar-refractivity contribution in [3.05, 3.63) is 75.3 Å². The summed E-state index contributed by atoms with van der Waals surface area (Å²) in [6, 6.07) is 11.5. The molecule has 2 unspecified atom stereocenters. The van der Waals surface area contributed by atoms with Crippen LogP contribution in [0, 0.1) is 0 Å². The number of amides is 1. The number of carbonyl (C=O) groups is 2. The van der Waals surface area contributed by atoms with Gasteiger partial charge in [-0.05, 0) is 42.5 Å². The molecule has 8 heteroatoms. The molecule has 2 aromatic carbocycles. The second-order valence-corrected chi connectivity index (χ2v) is 8.70. The summed E-state index contributed by atoms with van der Waals surface area (Å²) in [7, 11) is 1.73. The number of carboxylic acids is 1. The van der Waals surface area contributed by atoms with Crippen molar-refractivity contribution in [3.63, 3.8) is 0 Å². The lowest BCUT2D eigenvalue weighted by Gasteiger charge is -2.31. The highest BCUT2D eigenvalue weighted by molar-refractivity contribution is 6.39. The number of carboxylic acid groups (broad SMARTS) is 1. The van der Waals surface area contributed by atoms with Crippen LogP contribution in [-0.2, 0) is 19.9 Å². The molecule has 0 radical (unpaired) electrons. The first kappa shape index (κ1) is 25.2. The quantitative estimate of drug-likeness (QED) is 0.521. The molecule has 2 atom stereocenters. The van der Waals surface area contributed by atoms with Crippen molar-refractivity contribution < 1.29 is 24.2 Å². The van der Waals surface area contributed by atoms with Gasteiger partial charge in [0.25, 0.3) is 5.91 Å². The number of rotatable bonds is 8. The molecular formula is C25H27Cl2NO5. The molecule has 176 valence electrons. The van der Waals surface area contributed by atoms with Gasteiger partial charge < -0.3 is 19.9 Å². The Morgan fingerprint density at radius 3 is 2.48 bits per heavy atom. The smallest absolute Gasteiger partial charge is 0.326 e. The van der Waals surface area contributed by atoms with Gasteiger partial charge in [-0.1, -0.05) is 65.7 Å². The molecule has 0 aromatic heterocycles. The number of benzene rings is 2. The van der Waals surface area contributed by atoms with E-state index in [4.69, 9.17) is 32.7 Å². The van der Waals surface area contributed by atoms with E-state index in [1.165, 1.54) is 12.1 Å². The Morgan fingerprint density at radius 2 is 1.85 bits per heavy atom. The van der Waals surface area contributed by atoms with Gasteiger partial charge >= 0.3 is 5.97 Å². The van der Waals surface area contributed by atoms with Gasteiger partial charge in [0.2, 0.25) is 0 Å². The Kier molecular flexibility index (Phi) is 8.92. The number of ether oxygens (including phenoxy) is 2. The van der Waals surface area contributed by atoms with E-state index in [-0.39, 0.29) is 27.6 Å². The Balaban J connectivity index is 1.66. The molecule has 33 heavy (non-hydrogen) atoms. The first-order valence-electron chi connectivity index (χ1n) is 10.7. The second kappa shape index (κ2) is 11.7. The van der Waals surface area contributed by atoms with Crippen molar-refractivity contribution in [1.29, 1.82) is 0 Å². The largest absolute Gasteiger partial charge is 0.480 e. The lowest BCUT2D eigenvalue weighted by Crippen LogP contribution is -2.40. The second-order valence-electron chi connectivity index (χ2n) is 7.89. The van der Waals surface area contributed by atoms with Gasteiger partial charge in [0, 0.05) is 26.7 Å². The molecular weight excluding hydrogens is 465 g/mol. The van der Waals surface area contributed by atoms with Gasteiger partial charge in [0.05, 0.1) is 21.2 Å². The number of hydrogen-bond acceptors (Lipinski definition) is 4. The van der Waals surface area contributed by atoms with Crippen LogP contribution in [0.4, 0.5) is 0 Å². The number of aliphatic carboxylic acids is 1. The number of halogens is 2. The minimum atomic E-state index is -1.15. The van der Waals surface area contributed by atoms with Crippen LogP contribution >= 0.6 is 23.2 Å². The summed E-state index contributed by atoms with van der Waals surface area (Å²) in [5.74, 6) is -1.78. The minimum Gasteiger partial charge on any atom is -0.480 e. The van der Waals surface area contributed by atoms with E-state index in [0.717, 1.165) is 37.0 Å². The van der Waals surface area contributed by atoms with Gasteiger partial charge in [0.15, 0.2) is 0 Å². The zero-order valence-electron chi connectivity index (χ0n) is 18.4. The predicted octanol–water partition coefficient (Wildman–Crippen LogP) is 5.32. The van der Waals surface area contributed by atoms with Gasteiger partial charge in [-0.3, -0.25) is 4.79 Å². The van der Waals surface area contributed by atoms with Crippen LogP contribution in [0.25, 0.3) is 6.08 Å². The Bertz CT molecular complexity index is 978. The summed E-state index contributed by atoms with van der Waals surface area (Å²) in [6.07, 6.45) is 6.28. The van der Waals surface area contributed by atoms with E-state index < -0.39 is 17.9 Å². The van der Waals surface area contributed by atoms with Crippen molar-refractivity contribution in [2.45, 2.75) is 37.3 Å². The molecule has 2 aromatic rings. The summed E-state index contributed by atoms with van der Waals surface area (Å²) in [6.45, 7) is 1.41. The van der Waals surface area contributed by atoms with Crippen LogP contribution < -0.4 is 5.32 Å². The fraction of sp³-hybridized carbons (Fsp3) is 0.360. The first-order valence-corrected chi connectivity index (χ1v) is 11.5. The molecule has 2 N–H and O–H groups in total. The highest BCUT2D eigenvalue weighted by atomic mass is 35.5. The normalized spacial score (nSPS) is 19.7. The van der Waals surface area contributed by atoms with Crippen molar-refractivity contribution in [1.82, 2.24) is 5.32 Å². The van der Waals surface area contributed by atoms with Crippen molar-refractivity contribution in [2.24, 2.45) is 0 Å². The fourth-order valence-corrected chi connectivity index (χ4v) is 4.51. The maximum Gasteiger partial charge on any atom is 0.326 e. The molecule has 1 amide bonds. The van der Waals surface area contributed by atoms with Crippen LogP contribution in [0.15, 0.2) is 48.5 Å². The van der Waals surface area contributed by atoms with E-state index in [1.807, 2.05) is 30.3 Å². The zero-order chi connectivity index (χ0) is 23.8. The highest BCUT2D eigenvalue weighted by Crippen LogP contribution is 2.36. The molecule has 1 saturated heterocycles. The lowest BCUT2D eigenvalue weighted by molar-refractivity contribution is -0.139. The van der Waals surface area contributed by atoms with Crippen LogP contribution in [0.2, 0.25) is 10.0 Å². The topological polar surface area (TPSA) is 84.9 Å². The third-order valence-corrected chi connectivity index (χ3v) is 6.45. The van der Waals surface area contributed by atoms with Crippen LogP contribution in [0.5, 0.6) is 0 Å². The summed E-state index contributed by atoms with van der Waals surface area (Å²) < 4.78 is 11.5. The Labute approximate surface area is 203 Å². The average molecular weight is 492 g/mol. The zero-order valence-corrected chi connectivity index (χ0v) is 19.9. The maximum absolute atomic E-state index is 12.5. The van der Waals surface area contributed by atoms with Crippen molar-refractivity contribution in [2.75, 3.05) is 20.3 Å². The number of methoxy groups -OCH3 is 1. The molecule has 1 aliphatic heterocycles. The average Bonchev–Trinajstić information content (AvgIpc) is 3.05. The van der Waals surface area contributed by atoms with E-state index in [2.05, 4.69) is 5.32 Å². The summed E-state index contributed by atoms with van der Waals surface area (Å²) in [5.41, 5.74) is 1.72. The molecule has 1 aliphatic rings. The number of carbonyl (C=O) groups excluding carboxylic acids is 1. The molecule has 6 nitrogen and oxygen atoms in total. The molecule has 3 rings (SSSR count). The minimum absolute atomic E-state index is 0.0580. The van der Waals surface area contributed by atoms with Crippen LogP contribution in [0.1, 0.15) is 47.2 Å². The molecule has 1 fully saturated rings. The van der Waals surface area contributed by atoms with E-state index in [9.17, 15) is 14.7 Å². The SMILES string of the molecule is COC1(c2ccc(C=CCC(NC(=O)c3c(Cl)cccc3Cl)C(=O)O)cc2)CCCOCC1. The van der Waals surface area contributed by atoms with Gasteiger partial charge in [-0.25, -0.2) is 4.79 Å². The van der Waals surface area contributed by atoms with E-state index in [0.29, 0.717) is 6.61 Å².